The van der Waals surface area contributed by atoms with Crippen LogP contribution in [0.15, 0.2) is 0 Å². The van der Waals surface area contributed by atoms with Crippen molar-refractivity contribution in [2.45, 2.75) is 51.6 Å². The average Bonchev–Trinajstić information content (AvgIpc) is 2.17. The van der Waals surface area contributed by atoms with Crippen LogP contribution in [0, 0.1) is 0 Å². The van der Waals surface area contributed by atoms with E-state index in [1.165, 1.54) is 4.90 Å². The number of ketones is 1. The maximum Gasteiger partial charge on any atom is 0.410 e. The Bertz CT molecular complexity index is 337. The monoisotopic (exact) mass is 263 g/mol. The van der Waals surface area contributed by atoms with Gasteiger partial charge in [-0.25, -0.2) is 4.79 Å². The smallest absolute Gasteiger partial charge is 0.410 e. The molecule has 0 aromatic carbocycles. The number of ether oxygens (including phenoxy) is 1. The lowest BCUT2D eigenvalue weighted by atomic mass is 10.0. The molecule has 1 rings (SSSR count). The van der Waals surface area contributed by atoms with Gasteiger partial charge in [0.05, 0.1) is 0 Å². The van der Waals surface area contributed by atoms with Crippen LogP contribution in [-0.4, -0.2) is 41.4 Å². The van der Waals surface area contributed by atoms with Crippen LogP contribution in [0.4, 0.5) is 13.6 Å². The summed E-state index contributed by atoms with van der Waals surface area (Å²) in [7, 11) is 0. The Labute approximate surface area is 105 Å². The zero-order valence-electron chi connectivity index (χ0n) is 11.0. The molecule has 0 unspecified atom stereocenters. The lowest BCUT2D eigenvalue weighted by Gasteiger charge is -2.29. The van der Waals surface area contributed by atoms with Gasteiger partial charge in [-0.2, -0.15) is 8.78 Å². The summed E-state index contributed by atoms with van der Waals surface area (Å²) in [6.45, 7) is 5.37. The Hall–Kier alpha value is -1.20. The zero-order valence-corrected chi connectivity index (χ0v) is 11.0. The Morgan fingerprint density at radius 3 is 2.50 bits per heavy atom. The van der Waals surface area contributed by atoms with Gasteiger partial charge in [0, 0.05) is 25.9 Å². The molecule has 0 aromatic rings. The number of halogens is 2. The summed E-state index contributed by atoms with van der Waals surface area (Å²) >= 11 is 0. The van der Waals surface area contributed by atoms with E-state index in [0.29, 0.717) is 0 Å². The van der Waals surface area contributed by atoms with Gasteiger partial charge < -0.3 is 9.64 Å². The standard InChI is InChI=1S/C12H19F2NO3/c1-11(2,3)18-10(17)15-7-4-6-12(13,14)9(16)5-8-15/h4-8H2,1-3H3. The molecule has 1 aliphatic heterocycles. The molecule has 4 nitrogen and oxygen atoms in total. The first kappa shape index (κ1) is 14.9. The summed E-state index contributed by atoms with van der Waals surface area (Å²) < 4.78 is 31.5. The fourth-order valence-corrected chi connectivity index (χ4v) is 1.67. The van der Waals surface area contributed by atoms with Crippen LogP contribution in [0.2, 0.25) is 0 Å². The Balaban J connectivity index is 2.60. The van der Waals surface area contributed by atoms with E-state index in [0.717, 1.165) is 0 Å². The number of Topliss-reactive ketones (excluding diaryl/α,β-unsaturated/α-hetero) is 1. The SMILES string of the molecule is CC(C)(C)OC(=O)N1CCCC(F)(F)C(=O)CC1. The number of carbonyl (C=O) groups excluding carboxylic acids is 2. The highest BCUT2D eigenvalue weighted by Crippen LogP contribution is 2.25. The predicted molar refractivity (Wildman–Crippen MR) is 61.6 cm³/mol. The summed E-state index contributed by atoms with van der Waals surface area (Å²) in [6.07, 6.45) is -1.30. The van der Waals surface area contributed by atoms with Gasteiger partial charge in [0.15, 0.2) is 0 Å². The van der Waals surface area contributed by atoms with Crippen molar-refractivity contribution in [3.8, 4) is 0 Å². The van der Waals surface area contributed by atoms with E-state index in [4.69, 9.17) is 4.74 Å². The van der Waals surface area contributed by atoms with Crippen molar-refractivity contribution >= 4 is 11.9 Å². The van der Waals surface area contributed by atoms with E-state index in [1.807, 2.05) is 0 Å². The third kappa shape index (κ3) is 4.23. The molecule has 1 amide bonds. The molecule has 0 aromatic heterocycles. The van der Waals surface area contributed by atoms with E-state index in [2.05, 4.69) is 0 Å². The minimum absolute atomic E-state index is 0.0106. The van der Waals surface area contributed by atoms with Crippen LogP contribution in [0.3, 0.4) is 0 Å². The lowest BCUT2D eigenvalue weighted by molar-refractivity contribution is -0.145. The molecule has 0 aliphatic carbocycles. The molecule has 18 heavy (non-hydrogen) atoms. The fourth-order valence-electron chi connectivity index (χ4n) is 1.67. The van der Waals surface area contributed by atoms with Crippen LogP contribution in [0.5, 0.6) is 0 Å². The second kappa shape index (κ2) is 5.20. The molecule has 0 N–H and O–H groups in total. The minimum atomic E-state index is -3.25. The first-order valence-electron chi connectivity index (χ1n) is 6.01. The van der Waals surface area contributed by atoms with Crippen molar-refractivity contribution in [3.05, 3.63) is 0 Å². The van der Waals surface area contributed by atoms with Crippen LogP contribution in [0.1, 0.15) is 40.0 Å². The van der Waals surface area contributed by atoms with Gasteiger partial charge >= 0.3 is 12.0 Å². The number of carbonyl (C=O) groups is 2. The number of hydrogen-bond donors (Lipinski definition) is 0. The Kier molecular flexibility index (Phi) is 4.29. The topological polar surface area (TPSA) is 46.6 Å². The van der Waals surface area contributed by atoms with Gasteiger partial charge in [0.25, 0.3) is 0 Å². The molecule has 0 atom stereocenters. The van der Waals surface area contributed by atoms with Crippen molar-refractivity contribution in [3.63, 3.8) is 0 Å². The van der Waals surface area contributed by atoms with E-state index in [1.54, 1.807) is 20.8 Å². The summed E-state index contributed by atoms with van der Waals surface area (Å²) in [5.41, 5.74) is -0.632. The van der Waals surface area contributed by atoms with Crippen LogP contribution in [-0.2, 0) is 9.53 Å². The number of rotatable bonds is 0. The van der Waals surface area contributed by atoms with E-state index >= 15 is 0 Å². The van der Waals surface area contributed by atoms with Crippen molar-refractivity contribution in [1.82, 2.24) is 4.90 Å². The normalized spacial score (nSPS) is 21.2. The van der Waals surface area contributed by atoms with Gasteiger partial charge in [0.1, 0.15) is 5.60 Å². The third-order valence-corrected chi connectivity index (χ3v) is 2.59. The second-order valence-corrected chi connectivity index (χ2v) is 5.45. The number of nitrogens with zero attached hydrogens (tertiary/aromatic N) is 1. The van der Waals surface area contributed by atoms with Gasteiger partial charge in [0.2, 0.25) is 5.78 Å². The third-order valence-electron chi connectivity index (χ3n) is 2.59. The molecule has 1 heterocycles. The lowest BCUT2D eigenvalue weighted by Crippen LogP contribution is -2.42. The molecule has 1 saturated heterocycles. The zero-order chi connectivity index (χ0) is 14.0. The summed E-state index contributed by atoms with van der Waals surface area (Å²) in [5.74, 6) is -4.35. The molecule has 0 spiro atoms. The highest BCUT2D eigenvalue weighted by Gasteiger charge is 2.39. The minimum Gasteiger partial charge on any atom is -0.444 e. The number of likely N-dealkylation sites (tertiary alicyclic amines) is 1. The van der Waals surface area contributed by atoms with Crippen molar-refractivity contribution in [2.24, 2.45) is 0 Å². The molecule has 6 heteroatoms. The summed E-state index contributed by atoms with van der Waals surface area (Å²) in [4.78, 5) is 24.3. The highest BCUT2D eigenvalue weighted by atomic mass is 19.3. The Morgan fingerprint density at radius 1 is 1.33 bits per heavy atom. The second-order valence-electron chi connectivity index (χ2n) is 5.45. The van der Waals surface area contributed by atoms with E-state index in [-0.39, 0.29) is 25.9 Å². The van der Waals surface area contributed by atoms with Crippen molar-refractivity contribution in [1.29, 1.82) is 0 Å². The first-order valence-corrected chi connectivity index (χ1v) is 6.01. The number of alkyl halides is 2. The van der Waals surface area contributed by atoms with E-state index in [9.17, 15) is 18.4 Å². The van der Waals surface area contributed by atoms with Gasteiger partial charge in [-0.15, -0.1) is 0 Å². The average molecular weight is 263 g/mol. The molecular formula is C12H19F2NO3. The van der Waals surface area contributed by atoms with Crippen LogP contribution >= 0.6 is 0 Å². The Morgan fingerprint density at radius 2 is 1.94 bits per heavy atom. The summed E-state index contributed by atoms with van der Waals surface area (Å²) in [5, 5.41) is 0. The van der Waals surface area contributed by atoms with Crippen molar-refractivity contribution in [2.75, 3.05) is 13.1 Å². The quantitative estimate of drug-likeness (QED) is 0.675. The highest BCUT2D eigenvalue weighted by molar-refractivity contribution is 5.86. The van der Waals surface area contributed by atoms with E-state index < -0.39 is 29.8 Å². The molecule has 1 aliphatic rings. The van der Waals surface area contributed by atoms with Crippen molar-refractivity contribution < 1.29 is 23.1 Å². The fraction of sp³-hybridized carbons (Fsp3) is 0.833. The van der Waals surface area contributed by atoms with Gasteiger partial charge in [-0.3, -0.25) is 4.79 Å². The number of hydrogen-bond acceptors (Lipinski definition) is 3. The molecule has 0 bridgehead atoms. The van der Waals surface area contributed by atoms with Gasteiger partial charge in [-0.1, -0.05) is 0 Å². The molecule has 0 saturated carbocycles. The maximum atomic E-state index is 13.2. The first-order chi connectivity index (χ1) is 8.12. The molecular weight excluding hydrogens is 244 g/mol. The predicted octanol–water partition coefficient (Wildman–Crippen LogP) is 2.61. The van der Waals surface area contributed by atoms with Crippen LogP contribution in [0.25, 0.3) is 0 Å². The molecule has 1 fully saturated rings. The molecule has 104 valence electrons. The van der Waals surface area contributed by atoms with Crippen LogP contribution < -0.4 is 0 Å². The van der Waals surface area contributed by atoms with Gasteiger partial charge in [-0.05, 0) is 27.2 Å². The number of amides is 1. The largest absolute Gasteiger partial charge is 0.444 e. The molecule has 0 radical (unpaired) electrons. The summed E-state index contributed by atoms with van der Waals surface area (Å²) in [6, 6.07) is 0. The maximum absolute atomic E-state index is 13.2.